The molecule has 0 amide bonds. The topological polar surface area (TPSA) is 57.5 Å². The number of aliphatic carboxylic acids is 1. The van der Waals surface area contributed by atoms with Crippen molar-refractivity contribution in [1.82, 2.24) is 0 Å². The van der Waals surface area contributed by atoms with Crippen molar-refractivity contribution >= 4 is 5.97 Å². The molecule has 0 aliphatic rings. The lowest BCUT2D eigenvalue weighted by Gasteiger charge is -2.05. The molecule has 0 saturated heterocycles. The standard InChI is InChI=1S/C10H11FO3/c11-9(10(13)14)8-3-1-2-7(6-8)4-5-12/h1-3,6,9,12H,4-5H2,(H,13,14). The summed E-state index contributed by atoms with van der Waals surface area (Å²) in [5.41, 5.74) is 0.845. The maximum Gasteiger partial charge on any atom is 0.343 e. The molecule has 0 spiro atoms. The molecule has 1 unspecified atom stereocenters. The van der Waals surface area contributed by atoms with E-state index in [2.05, 4.69) is 0 Å². The van der Waals surface area contributed by atoms with Gasteiger partial charge in [-0.05, 0) is 17.5 Å². The van der Waals surface area contributed by atoms with Gasteiger partial charge in [0.25, 0.3) is 0 Å². The van der Waals surface area contributed by atoms with Gasteiger partial charge in [-0.3, -0.25) is 0 Å². The lowest BCUT2D eigenvalue weighted by atomic mass is 10.1. The van der Waals surface area contributed by atoms with E-state index >= 15 is 0 Å². The van der Waals surface area contributed by atoms with Gasteiger partial charge in [0, 0.05) is 6.61 Å². The van der Waals surface area contributed by atoms with Crippen LogP contribution in [0.25, 0.3) is 0 Å². The first-order valence-corrected chi connectivity index (χ1v) is 4.21. The third-order valence-electron chi connectivity index (χ3n) is 1.86. The van der Waals surface area contributed by atoms with E-state index in [1.807, 2.05) is 0 Å². The summed E-state index contributed by atoms with van der Waals surface area (Å²) in [6.45, 7) is -0.0342. The van der Waals surface area contributed by atoms with Gasteiger partial charge < -0.3 is 10.2 Å². The molecule has 0 fully saturated rings. The molecule has 2 N–H and O–H groups in total. The summed E-state index contributed by atoms with van der Waals surface area (Å²) in [7, 11) is 0. The van der Waals surface area contributed by atoms with Crippen LogP contribution in [0.15, 0.2) is 24.3 Å². The monoisotopic (exact) mass is 198 g/mol. The van der Waals surface area contributed by atoms with Crippen LogP contribution in [0.5, 0.6) is 0 Å². The quantitative estimate of drug-likeness (QED) is 0.767. The van der Waals surface area contributed by atoms with Gasteiger partial charge >= 0.3 is 5.97 Å². The van der Waals surface area contributed by atoms with E-state index in [-0.39, 0.29) is 12.2 Å². The Labute approximate surface area is 80.8 Å². The second-order valence-corrected chi connectivity index (χ2v) is 2.92. The molecule has 14 heavy (non-hydrogen) atoms. The molecule has 1 aromatic rings. The molecule has 1 rings (SSSR count). The highest BCUT2D eigenvalue weighted by atomic mass is 19.1. The molecule has 0 radical (unpaired) electrons. The Morgan fingerprint density at radius 2 is 2.21 bits per heavy atom. The third-order valence-corrected chi connectivity index (χ3v) is 1.86. The van der Waals surface area contributed by atoms with Crippen LogP contribution in [0.3, 0.4) is 0 Å². The van der Waals surface area contributed by atoms with Gasteiger partial charge in [-0.1, -0.05) is 24.3 Å². The summed E-state index contributed by atoms with van der Waals surface area (Å²) >= 11 is 0. The Bertz CT molecular complexity index is 325. The fraction of sp³-hybridized carbons (Fsp3) is 0.300. The number of benzene rings is 1. The number of rotatable bonds is 4. The van der Waals surface area contributed by atoms with Gasteiger partial charge in [-0.25, -0.2) is 9.18 Å². The Balaban J connectivity index is 2.87. The fourth-order valence-electron chi connectivity index (χ4n) is 1.18. The molecular weight excluding hydrogens is 187 g/mol. The lowest BCUT2D eigenvalue weighted by Crippen LogP contribution is -2.06. The zero-order chi connectivity index (χ0) is 10.6. The zero-order valence-electron chi connectivity index (χ0n) is 7.48. The number of aliphatic hydroxyl groups is 1. The Morgan fingerprint density at radius 1 is 1.50 bits per heavy atom. The molecule has 0 aromatic heterocycles. The van der Waals surface area contributed by atoms with E-state index < -0.39 is 12.1 Å². The first-order chi connectivity index (χ1) is 6.65. The van der Waals surface area contributed by atoms with E-state index in [9.17, 15) is 9.18 Å². The maximum atomic E-state index is 13.0. The molecule has 76 valence electrons. The summed E-state index contributed by atoms with van der Waals surface area (Å²) < 4.78 is 13.0. The molecule has 0 aliphatic heterocycles. The van der Waals surface area contributed by atoms with E-state index in [1.54, 1.807) is 12.1 Å². The average Bonchev–Trinajstić information content (AvgIpc) is 2.17. The summed E-state index contributed by atoms with van der Waals surface area (Å²) in [6, 6.07) is 6.17. The molecule has 1 atom stereocenters. The molecule has 0 bridgehead atoms. The summed E-state index contributed by atoms with van der Waals surface area (Å²) in [5.74, 6) is -1.49. The molecule has 0 aliphatic carbocycles. The number of hydrogen-bond acceptors (Lipinski definition) is 2. The highest BCUT2D eigenvalue weighted by Crippen LogP contribution is 2.18. The summed E-state index contributed by atoms with van der Waals surface area (Å²) in [4.78, 5) is 10.3. The predicted octanol–water partition coefficient (Wildman–Crippen LogP) is 1.32. The maximum absolute atomic E-state index is 13.0. The van der Waals surface area contributed by atoms with Crippen LogP contribution in [0.2, 0.25) is 0 Å². The zero-order valence-corrected chi connectivity index (χ0v) is 7.48. The van der Waals surface area contributed by atoms with Crippen molar-refractivity contribution < 1.29 is 19.4 Å². The lowest BCUT2D eigenvalue weighted by molar-refractivity contribution is -0.143. The van der Waals surface area contributed by atoms with Crippen molar-refractivity contribution in [3.8, 4) is 0 Å². The minimum atomic E-state index is -1.99. The number of carboxylic acids is 1. The number of hydrogen-bond donors (Lipinski definition) is 2. The van der Waals surface area contributed by atoms with Gasteiger partial charge in [0.1, 0.15) is 0 Å². The van der Waals surface area contributed by atoms with Crippen LogP contribution in [-0.2, 0) is 11.2 Å². The second-order valence-electron chi connectivity index (χ2n) is 2.92. The van der Waals surface area contributed by atoms with E-state index in [0.29, 0.717) is 6.42 Å². The Kier molecular flexibility index (Phi) is 3.59. The van der Waals surface area contributed by atoms with E-state index in [1.165, 1.54) is 12.1 Å². The fourth-order valence-corrected chi connectivity index (χ4v) is 1.18. The smallest absolute Gasteiger partial charge is 0.343 e. The highest BCUT2D eigenvalue weighted by Gasteiger charge is 2.17. The Hall–Kier alpha value is -1.42. The van der Waals surface area contributed by atoms with Crippen molar-refractivity contribution in [2.75, 3.05) is 6.61 Å². The molecule has 3 nitrogen and oxygen atoms in total. The molecule has 0 heterocycles. The van der Waals surface area contributed by atoms with E-state index in [0.717, 1.165) is 5.56 Å². The summed E-state index contributed by atoms with van der Waals surface area (Å²) in [5, 5.41) is 17.1. The van der Waals surface area contributed by atoms with Crippen LogP contribution in [0, 0.1) is 0 Å². The first-order valence-electron chi connectivity index (χ1n) is 4.21. The van der Waals surface area contributed by atoms with Crippen LogP contribution in [-0.4, -0.2) is 22.8 Å². The largest absolute Gasteiger partial charge is 0.479 e. The van der Waals surface area contributed by atoms with Crippen molar-refractivity contribution in [2.45, 2.75) is 12.6 Å². The van der Waals surface area contributed by atoms with Crippen molar-refractivity contribution in [3.63, 3.8) is 0 Å². The van der Waals surface area contributed by atoms with Gasteiger partial charge in [-0.15, -0.1) is 0 Å². The average molecular weight is 198 g/mol. The Morgan fingerprint density at radius 3 is 2.79 bits per heavy atom. The number of aliphatic hydroxyl groups excluding tert-OH is 1. The molecule has 1 aromatic carbocycles. The molecular formula is C10H11FO3. The van der Waals surface area contributed by atoms with Crippen LogP contribution in [0.4, 0.5) is 4.39 Å². The third kappa shape index (κ3) is 2.53. The van der Waals surface area contributed by atoms with Gasteiger partial charge in [-0.2, -0.15) is 0 Å². The highest BCUT2D eigenvalue weighted by molar-refractivity contribution is 5.74. The molecule has 0 saturated carbocycles. The SMILES string of the molecule is O=C(O)C(F)c1cccc(CCO)c1. The normalized spacial score (nSPS) is 12.4. The molecule has 4 heteroatoms. The predicted molar refractivity (Wildman–Crippen MR) is 48.7 cm³/mol. The van der Waals surface area contributed by atoms with Crippen LogP contribution in [0.1, 0.15) is 17.3 Å². The van der Waals surface area contributed by atoms with Gasteiger partial charge in [0.2, 0.25) is 6.17 Å². The number of halogens is 1. The van der Waals surface area contributed by atoms with E-state index in [4.69, 9.17) is 10.2 Å². The van der Waals surface area contributed by atoms with Crippen LogP contribution >= 0.6 is 0 Å². The number of carboxylic acid groups (broad SMARTS) is 1. The van der Waals surface area contributed by atoms with Crippen molar-refractivity contribution in [1.29, 1.82) is 0 Å². The summed E-state index contributed by atoms with van der Waals surface area (Å²) in [6.07, 6.45) is -1.59. The van der Waals surface area contributed by atoms with Gasteiger partial charge in [0.15, 0.2) is 0 Å². The van der Waals surface area contributed by atoms with Crippen molar-refractivity contribution in [2.24, 2.45) is 0 Å². The number of carbonyl (C=O) groups is 1. The van der Waals surface area contributed by atoms with Crippen molar-refractivity contribution in [3.05, 3.63) is 35.4 Å². The first kappa shape index (κ1) is 10.7. The minimum absolute atomic E-state index is 0.0342. The second kappa shape index (κ2) is 4.72. The van der Waals surface area contributed by atoms with Gasteiger partial charge in [0.05, 0.1) is 0 Å². The number of alkyl halides is 1. The minimum Gasteiger partial charge on any atom is -0.479 e. The van der Waals surface area contributed by atoms with Crippen LogP contribution < -0.4 is 0 Å².